The van der Waals surface area contributed by atoms with Crippen LogP contribution in [0.2, 0.25) is 0 Å². The summed E-state index contributed by atoms with van der Waals surface area (Å²) >= 11 is 0. The molecule has 0 fully saturated rings. The van der Waals surface area contributed by atoms with Crippen molar-refractivity contribution in [3.63, 3.8) is 0 Å². The van der Waals surface area contributed by atoms with Gasteiger partial charge >= 0.3 is 0 Å². The summed E-state index contributed by atoms with van der Waals surface area (Å²) in [5.74, 6) is -0.398. The van der Waals surface area contributed by atoms with Crippen LogP contribution in [0.4, 0.5) is 4.39 Å². The van der Waals surface area contributed by atoms with Crippen molar-refractivity contribution in [2.45, 2.75) is 6.92 Å². The number of benzene rings is 1. The molecule has 0 N–H and O–H groups in total. The van der Waals surface area contributed by atoms with Crippen molar-refractivity contribution in [3.05, 3.63) is 35.3 Å². The zero-order valence-electron chi connectivity index (χ0n) is 7.00. The predicted molar refractivity (Wildman–Crippen MR) is 46.3 cm³/mol. The first-order valence-corrected chi connectivity index (χ1v) is 3.85. The smallest absolute Gasteiger partial charge is 0.170 e. The van der Waals surface area contributed by atoms with Gasteiger partial charge in [-0.25, -0.2) is 4.39 Å². The van der Waals surface area contributed by atoms with E-state index in [0.29, 0.717) is 22.8 Å². The molecule has 0 spiro atoms. The van der Waals surface area contributed by atoms with Crippen molar-refractivity contribution in [3.8, 4) is 0 Å². The van der Waals surface area contributed by atoms with Crippen LogP contribution in [-0.4, -0.2) is 6.29 Å². The van der Waals surface area contributed by atoms with E-state index in [2.05, 4.69) is 0 Å². The fourth-order valence-corrected chi connectivity index (χ4v) is 1.27. The van der Waals surface area contributed by atoms with Crippen molar-refractivity contribution < 1.29 is 13.6 Å². The largest absolute Gasteiger partial charge is 0.460 e. The van der Waals surface area contributed by atoms with Crippen molar-refractivity contribution in [2.75, 3.05) is 0 Å². The van der Waals surface area contributed by atoms with E-state index < -0.39 is 5.82 Å². The number of aldehydes is 1. The molecule has 66 valence electrons. The lowest BCUT2D eigenvalue weighted by Gasteiger charge is -1.95. The molecule has 0 bridgehead atoms. The average molecular weight is 178 g/mol. The molecule has 0 aliphatic heterocycles. The van der Waals surface area contributed by atoms with Crippen LogP contribution in [0, 0.1) is 12.7 Å². The van der Waals surface area contributed by atoms with Gasteiger partial charge in [0, 0.05) is 5.39 Å². The van der Waals surface area contributed by atoms with Crippen LogP contribution < -0.4 is 0 Å². The first-order chi connectivity index (χ1) is 6.24. The molecule has 2 rings (SSSR count). The second-order valence-corrected chi connectivity index (χ2v) is 2.88. The van der Waals surface area contributed by atoms with E-state index in [4.69, 9.17) is 4.42 Å². The third-order valence-corrected chi connectivity index (χ3v) is 2.03. The van der Waals surface area contributed by atoms with Gasteiger partial charge < -0.3 is 4.42 Å². The van der Waals surface area contributed by atoms with Gasteiger partial charge in [0.1, 0.15) is 6.26 Å². The Kier molecular flexibility index (Phi) is 1.65. The number of hydrogen-bond donors (Lipinski definition) is 0. The minimum Gasteiger partial charge on any atom is -0.460 e. The molecule has 0 atom stereocenters. The second-order valence-electron chi connectivity index (χ2n) is 2.88. The Hall–Kier alpha value is -1.64. The number of furan rings is 1. The van der Waals surface area contributed by atoms with Gasteiger partial charge in [-0.15, -0.1) is 0 Å². The molecule has 1 aromatic carbocycles. The lowest BCUT2D eigenvalue weighted by molar-refractivity contribution is 0.112. The highest BCUT2D eigenvalue weighted by atomic mass is 19.1. The molecule has 0 aliphatic carbocycles. The van der Waals surface area contributed by atoms with Crippen molar-refractivity contribution >= 4 is 17.3 Å². The minimum absolute atomic E-state index is 0.155. The van der Waals surface area contributed by atoms with E-state index in [1.54, 1.807) is 19.1 Å². The van der Waals surface area contributed by atoms with Crippen molar-refractivity contribution in [2.24, 2.45) is 0 Å². The van der Waals surface area contributed by atoms with Crippen molar-refractivity contribution in [1.82, 2.24) is 0 Å². The molecule has 2 nitrogen and oxygen atoms in total. The molecule has 3 heteroatoms. The fraction of sp³-hybridized carbons (Fsp3) is 0.100. The molecule has 1 heterocycles. The van der Waals surface area contributed by atoms with Crippen LogP contribution in [0.15, 0.2) is 22.8 Å². The highest BCUT2D eigenvalue weighted by molar-refractivity contribution is 5.96. The van der Waals surface area contributed by atoms with Crippen LogP contribution in [0.25, 0.3) is 11.0 Å². The van der Waals surface area contributed by atoms with E-state index in [-0.39, 0.29) is 5.58 Å². The molecule has 1 aromatic heterocycles. The molecule has 0 saturated heterocycles. The maximum absolute atomic E-state index is 13.3. The number of rotatable bonds is 1. The normalized spacial score (nSPS) is 10.6. The minimum atomic E-state index is -0.398. The van der Waals surface area contributed by atoms with E-state index >= 15 is 0 Å². The van der Waals surface area contributed by atoms with E-state index in [1.165, 1.54) is 6.26 Å². The average Bonchev–Trinajstić information content (AvgIpc) is 2.55. The third kappa shape index (κ3) is 1.04. The molecule has 0 aliphatic rings. The monoisotopic (exact) mass is 178 g/mol. The van der Waals surface area contributed by atoms with Crippen LogP contribution in [-0.2, 0) is 0 Å². The number of aryl methyl sites for hydroxylation is 1. The van der Waals surface area contributed by atoms with E-state index in [0.717, 1.165) is 0 Å². The molecular weight excluding hydrogens is 171 g/mol. The van der Waals surface area contributed by atoms with Gasteiger partial charge in [0.15, 0.2) is 17.7 Å². The summed E-state index contributed by atoms with van der Waals surface area (Å²) in [7, 11) is 0. The van der Waals surface area contributed by atoms with Gasteiger partial charge in [-0.1, -0.05) is 6.07 Å². The molecular formula is C10H7FO2. The van der Waals surface area contributed by atoms with Crippen LogP contribution in [0.3, 0.4) is 0 Å². The Morgan fingerprint density at radius 1 is 1.46 bits per heavy atom. The maximum atomic E-state index is 13.3. The van der Waals surface area contributed by atoms with Gasteiger partial charge in [-0.3, -0.25) is 4.79 Å². The van der Waals surface area contributed by atoms with Gasteiger partial charge in [-0.05, 0) is 18.6 Å². The molecule has 2 aromatic rings. The van der Waals surface area contributed by atoms with Gasteiger partial charge in [0.2, 0.25) is 0 Å². The number of halogens is 1. The summed E-state index contributed by atoms with van der Waals surface area (Å²) in [5, 5.41) is 0.526. The van der Waals surface area contributed by atoms with Gasteiger partial charge in [-0.2, -0.15) is 0 Å². The summed E-state index contributed by atoms with van der Waals surface area (Å²) in [4.78, 5) is 10.5. The summed E-state index contributed by atoms with van der Waals surface area (Å²) < 4.78 is 18.3. The second kappa shape index (κ2) is 2.69. The number of carbonyl (C=O) groups excluding carboxylic acids is 1. The first-order valence-electron chi connectivity index (χ1n) is 3.85. The third-order valence-electron chi connectivity index (χ3n) is 2.03. The lowest BCUT2D eigenvalue weighted by atomic mass is 10.1. The van der Waals surface area contributed by atoms with E-state index in [9.17, 15) is 9.18 Å². The summed E-state index contributed by atoms with van der Waals surface area (Å²) in [6, 6.07) is 3.31. The zero-order chi connectivity index (χ0) is 9.42. The molecule has 0 radical (unpaired) electrons. The van der Waals surface area contributed by atoms with Crippen molar-refractivity contribution in [1.29, 1.82) is 0 Å². The SMILES string of the molecule is Cc1ccc2c(C=O)coc2c1F. The van der Waals surface area contributed by atoms with Crippen LogP contribution in [0.1, 0.15) is 15.9 Å². The Morgan fingerprint density at radius 3 is 2.92 bits per heavy atom. The summed E-state index contributed by atoms with van der Waals surface area (Å²) in [6.45, 7) is 1.65. The van der Waals surface area contributed by atoms with E-state index in [1.807, 2.05) is 0 Å². The quantitative estimate of drug-likeness (QED) is 0.628. The summed E-state index contributed by atoms with van der Waals surface area (Å²) in [5.41, 5.74) is 1.05. The number of hydrogen-bond acceptors (Lipinski definition) is 2. The maximum Gasteiger partial charge on any atom is 0.170 e. The van der Waals surface area contributed by atoms with Gasteiger partial charge in [0.05, 0.1) is 5.56 Å². The number of carbonyl (C=O) groups is 1. The standard InChI is InChI=1S/C10H7FO2/c1-6-2-3-8-7(4-12)5-13-10(8)9(6)11/h2-5H,1H3. The van der Waals surface area contributed by atoms with Gasteiger partial charge in [0.25, 0.3) is 0 Å². The highest BCUT2D eigenvalue weighted by Crippen LogP contribution is 2.24. The zero-order valence-corrected chi connectivity index (χ0v) is 7.00. The lowest BCUT2D eigenvalue weighted by Crippen LogP contribution is -1.82. The predicted octanol–water partition coefficient (Wildman–Crippen LogP) is 2.69. The Balaban J connectivity index is 2.88. The fourth-order valence-electron chi connectivity index (χ4n) is 1.27. The Morgan fingerprint density at radius 2 is 2.23 bits per heavy atom. The topological polar surface area (TPSA) is 30.2 Å². The molecule has 13 heavy (non-hydrogen) atoms. The van der Waals surface area contributed by atoms with Crippen LogP contribution in [0.5, 0.6) is 0 Å². The highest BCUT2D eigenvalue weighted by Gasteiger charge is 2.10. The Bertz CT molecular complexity index is 471. The first kappa shape index (κ1) is 7.98. The molecule has 0 amide bonds. The summed E-state index contributed by atoms with van der Waals surface area (Å²) in [6.07, 6.45) is 1.92. The number of fused-ring (bicyclic) bond motifs is 1. The van der Waals surface area contributed by atoms with Crippen LogP contribution >= 0.6 is 0 Å². The molecule has 0 saturated carbocycles. The Labute approximate surface area is 74.0 Å². The molecule has 0 unspecified atom stereocenters.